The van der Waals surface area contributed by atoms with E-state index >= 15 is 0 Å². The second kappa shape index (κ2) is 69.8. The van der Waals surface area contributed by atoms with Crippen molar-refractivity contribution in [3.05, 3.63) is 97.2 Å². The van der Waals surface area contributed by atoms with Crippen LogP contribution < -0.4 is 0 Å². The molecule has 0 aliphatic rings. The minimum absolute atomic E-state index is 0.0791. The molecular weight excluding hydrogens is 1010 g/mol. The van der Waals surface area contributed by atoms with Crippen LogP contribution in [0.15, 0.2) is 97.2 Å². The van der Waals surface area contributed by atoms with E-state index in [0.717, 1.165) is 103 Å². The maximum Gasteiger partial charge on any atom is 0.306 e. The van der Waals surface area contributed by atoms with Crippen LogP contribution in [0.5, 0.6) is 0 Å². The molecule has 472 valence electrons. The first-order valence-corrected chi connectivity index (χ1v) is 35.2. The fourth-order valence-electron chi connectivity index (χ4n) is 10.0. The smallest absolute Gasteiger partial charge is 0.306 e. The Hall–Kier alpha value is -3.67. The van der Waals surface area contributed by atoms with Crippen LogP contribution in [-0.2, 0) is 28.6 Å². The standard InChI is InChI=1S/C76H132O6/c1-4-7-10-13-16-19-22-25-27-29-31-33-35-36-37-38-39-40-42-43-45-47-49-51-54-57-60-63-66-69-75(78)81-72-73(71-80-74(77)68-65-62-59-56-53-24-21-18-15-12-9-6-3)82-76(79)70-67-64-61-58-55-52-50-48-46-44-41-34-32-30-28-26-23-20-17-14-11-8-5-2/h7,10,16,18-19,21,23,25-27,30-33,36-37,73H,4-6,8-9,11-15,17,20,22,24,28-29,34-35,38-72H2,1-3H3/b10-7-,19-16-,21-18-,26-23-,27-25-,32-30-,33-31-,37-36-. The molecule has 0 aromatic carbocycles. The lowest BCUT2D eigenvalue weighted by molar-refractivity contribution is -0.167. The van der Waals surface area contributed by atoms with Crippen molar-refractivity contribution < 1.29 is 28.6 Å². The quantitative estimate of drug-likeness (QED) is 0.0261. The van der Waals surface area contributed by atoms with Gasteiger partial charge in [-0.2, -0.15) is 0 Å². The Kier molecular flexibility index (Phi) is 66.7. The lowest BCUT2D eigenvalue weighted by atomic mass is 10.0. The van der Waals surface area contributed by atoms with Crippen LogP contribution in [0.4, 0.5) is 0 Å². The zero-order valence-corrected chi connectivity index (χ0v) is 54.2. The van der Waals surface area contributed by atoms with E-state index in [9.17, 15) is 14.4 Å². The maximum absolute atomic E-state index is 12.9. The first-order valence-electron chi connectivity index (χ1n) is 35.2. The summed E-state index contributed by atoms with van der Waals surface area (Å²) in [5, 5.41) is 0. The maximum atomic E-state index is 12.9. The molecule has 0 N–H and O–H groups in total. The van der Waals surface area contributed by atoms with Gasteiger partial charge in [-0.05, 0) is 122 Å². The Balaban J connectivity index is 4.24. The Morgan fingerprint density at radius 2 is 0.476 bits per heavy atom. The highest BCUT2D eigenvalue weighted by atomic mass is 16.6. The van der Waals surface area contributed by atoms with Gasteiger partial charge < -0.3 is 14.2 Å². The van der Waals surface area contributed by atoms with Crippen molar-refractivity contribution >= 4 is 17.9 Å². The summed E-state index contributed by atoms with van der Waals surface area (Å²) in [7, 11) is 0. The lowest BCUT2D eigenvalue weighted by Gasteiger charge is -2.18. The van der Waals surface area contributed by atoms with E-state index in [-0.39, 0.29) is 31.1 Å². The SMILES string of the molecule is CC/C=C\C/C=C\C/C=C\C/C=C\C/C=C\CCCCCCCCCCCCCCCC(=O)OCC(COC(=O)CCCCCCC/C=C\CCCCC)OC(=O)CCCCCCCCCCCCC/C=C\C/C=C\CCCCCCC. The molecule has 6 nitrogen and oxygen atoms in total. The number of ether oxygens (including phenoxy) is 3. The summed E-state index contributed by atoms with van der Waals surface area (Å²) in [5.74, 6) is -0.876. The third-order valence-corrected chi connectivity index (χ3v) is 15.3. The van der Waals surface area contributed by atoms with Crippen LogP contribution in [0.2, 0.25) is 0 Å². The third-order valence-electron chi connectivity index (χ3n) is 15.3. The average molecular weight is 1140 g/mol. The van der Waals surface area contributed by atoms with Crippen LogP contribution in [0.1, 0.15) is 348 Å². The summed E-state index contributed by atoms with van der Waals surface area (Å²) >= 11 is 0. The topological polar surface area (TPSA) is 78.9 Å². The Morgan fingerprint density at radius 3 is 0.780 bits per heavy atom. The average Bonchev–Trinajstić information content (AvgIpc) is 3.47. The van der Waals surface area contributed by atoms with E-state index in [1.54, 1.807) is 0 Å². The number of hydrogen-bond acceptors (Lipinski definition) is 6. The molecule has 0 amide bonds. The largest absolute Gasteiger partial charge is 0.462 e. The monoisotopic (exact) mass is 1140 g/mol. The molecule has 0 heterocycles. The van der Waals surface area contributed by atoms with Crippen LogP contribution >= 0.6 is 0 Å². The predicted octanol–water partition coefficient (Wildman–Crippen LogP) is 24.4. The van der Waals surface area contributed by atoms with Gasteiger partial charge in [0.15, 0.2) is 6.10 Å². The van der Waals surface area contributed by atoms with Gasteiger partial charge in [-0.3, -0.25) is 14.4 Å². The van der Waals surface area contributed by atoms with Crippen molar-refractivity contribution in [2.45, 2.75) is 354 Å². The van der Waals surface area contributed by atoms with E-state index in [1.165, 1.54) is 205 Å². The molecule has 1 unspecified atom stereocenters. The van der Waals surface area contributed by atoms with Crippen LogP contribution in [0.25, 0.3) is 0 Å². The molecule has 0 radical (unpaired) electrons. The zero-order valence-electron chi connectivity index (χ0n) is 54.2. The second-order valence-electron chi connectivity index (χ2n) is 23.4. The number of hydrogen-bond donors (Lipinski definition) is 0. The van der Waals surface area contributed by atoms with Gasteiger partial charge in [0.05, 0.1) is 0 Å². The van der Waals surface area contributed by atoms with Gasteiger partial charge in [0.2, 0.25) is 0 Å². The van der Waals surface area contributed by atoms with Gasteiger partial charge in [-0.25, -0.2) is 0 Å². The number of rotatable bonds is 64. The van der Waals surface area contributed by atoms with E-state index in [2.05, 4.69) is 118 Å². The van der Waals surface area contributed by atoms with Crippen molar-refractivity contribution in [2.75, 3.05) is 13.2 Å². The van der Waals surface area contributed by atoms with Gasteiger partial charge in [0.25, 0.3) is 0 Å². The lowest BCUT2D eigenvalue weighted by Crippen LogP contribution is -2.30. The molecule has 6 heteroatoms. The molecule has 1 atom stereocenters. The van der Waals surface area contributed by atoms with Crippen molar-refractivity contribution in [1.82, 2.24) is 0 Å². The van der Waals surface area contributed by atoms with Crippen LogP contribution in [0, 0.1) is 0 Å². The highest BCUT2D eigenvalue weighted by Gasteiger charge is 2.19. The number of carbonyl (C=O) groups is 3. The molecule has 0 fully saturated rings. The number of carbonyl (C=O) groups excluding carboxylic acids is 3. The first kappa shape index (κ1) is 78.3. The predicted molar refractivity (Wildman–Crippen MR) is 357 cm³/mol. The Labute approximate surface area is 508 Å². The number of esters is 3. The van der Waals surface area contributed by atoms with Gasteiger partial charge in [-0.1, -0.05) is 304 Å². The molecule has 0 saturated carbocycles. The summed E-state index contributed by atoms with van der Waals surface area (Å²) in [4.78, 5) is 38.4. The molecule has 0 aromatic heterocycles. The summed E-state index contributed by atoms with van der Waals surface area (Å²) < 4.78 is 17.0. The van der Waals surface area contributed by atoms with Crippen molar-refractivity contribution in [3.8, 4) is 0 Å². The minimum Gasteiger partial charge on any atom is -0.462 e. The molecule has 0 aromatic rings. The normalized spacial score (nSPS) is 12.7. The molecule has 0 rings (SSSR count). The van der Waals surface area contributed by atoms with Gasteiger partial charge in [0.1, 0.15) is 13.2 Å². The van der Waals surface area contributed by atoms with Gasteiger partial charge in [-0.15, -0.1) is 0 Å². The van der Waals surface area contributed by atoms with E-state index < -0.39 is 6.10 Å². The molecule has 0 aliphatic carbocycles. The Morgan fingerprint density at radius 1 is 0.256 bits per heavy atom. The molecule has 0 aliphatic heterocycles. The van der Waals surface area contributed by atoms with Crippen LogP contribution in [-0.4, -0.2) is 37.2 Å². The Bertz CT molecular complexity index is 1590. The zero-order chi connectivity index (χ0) is 59.2. The summed E-state index contributed by atoms with van der Waals surface area (Å²) in [6, 6.07) is 0. The second-order valence-corrected chi connectivity index (χ2v) is 23.4. The molecule has 0 bridgehead atoms. The van der Waals surface area contributed by atoms with E-state index in [4.69, 9.17) is 14.2 Å². The van der Waals surface area contributed by atoms with E-state index in [0.29, 0.717) is 19.3 Å². The first-order chi connectivity index (χ1) is 40.5. The fraction of sp³-hybridized carbons (Fsp3) is 0.750. The van der Waals surface area contributed by atoms with Crippen LogP contribution in [0.3, 0.4) is 0 Å². The number of unbranched alkanes of at least 4 members (excludes halogenated alkanes) is 37. The molecule has 0 saturated heterocycles. The van der Waals surface area contributed by atoms with Gasteiger partial charge >= 0.3 is 17.9 Å². The summed E-state index contributed by atoms with van der Waals surface area (Å²) in [6.45, 7) is 6.52. The van der Waals surface area contributed by atoms with Gasteiger partial charge in [0, 0.05) is 19.3 Å². The molecular formula is C76H132O6. The highest BCUT2D eigenvalue weighted by molar-refractivity contribution is 5.71. The molecule has 82 heavy (non-hydrogen) atoms. The summed E-state index contributed by atoms with van der Waals surface area (Å²) in [6.07, 6.45) is 94.3. The minimum atomic E-state index is -0.783. The fourth-order valence-corrected chi connectivity index (χ4v) is 10.0. The highest BCUT2D eigenvalue weighted by Crippen LogP contribution is 2.17. The molecule has 0 spiro atoms. The van der Waals surface area contributed by atoms with Crippen molar-refractivity contribution in [2.24, 2.45) is 0 Å². The van der Waals surface area contributed by atoms with Crippen molar-refractivity contribution in [3.63, 3.8) is 0 Å². The third kappa shape index (κ3) is 67.1. The summed E-state index contributed by atoms with van der Waals surface area (Å²) in [5.41, 5.74) is 0. The van der Waals surface area contributed by atoms with Crippen molar-refractivity contribution in [1.29, 1.82) is 0 Å². The number of allylic oxidation sites excluding steroid dienone is 16. The van der Waals surface area contributed by atoms with E-state index in [1.807, 2.05) is 0 Å².